The average molecular weight is 481 g/mol. The molecule has 0 spiro atoms. The molecule has 2 atom stereocenters. The highest BCUT2D eigenvalue weighted by Crippen LogP contribution is 2.20. The number of carbonyl (C=O) groups is 1. The van der Waals surface area contributed by atoms with Crippen LogP contribution in [-0.2, 0) is 14.4 Å². The molecule has 2 heterocycles. The number of nitrogens with zero attached hydrogens (tertiary/aromatic N) is 2. The summed E-state index contributed by atoms with van der Waals surface area (Å²) < 4.78 is 5.47. The second kappa shape index (κ2) is 14.6. The molecule has 2 N–H and O–H groups in total. The molecule has 2 aliphatic heterocycles. The van der Waals surface area contributed by atoms with Gasteiger partial charge in [-0.05, 0) is 57.6 Å². The second-order valence-electron chi connectivity index (χ2n) is 9.16. The van der Waals surface area contributed by atoms with Crippen LogP contribution in [0.3, 0.4) is 0 Å². The lowest BCUT2D eigenvalue weighted by molar-refractivity contribution is -0.198. The maximum Gasteiger partial charge on any atom is 0.276 e. The van der Waals surface area contributed by atoms with Gasteiger partial charge in [0.15, 0.2) is 6.29 Å². The van der Waals surface area contributed by atoms with Crippen LogP contribution in [0.2, 0.25) is 0 Å². The average Bonchev–Trinajstić information content (AvgIpc) is 2.91. The number of ether oxygens (including phenoxy) is 1. The second-order valence-corrected chi connectivity index (χ2v) is 9.16. The van der Waals surface area contributed by atoms with Crippen molar-refractivity contribution in [3.05, 3.63) is 66.0 Å². The molecule has 1 aromatic carbocycles. The molecule has 7 nitrogen and oxygen atoms in total. The molecule has 0 bridgehead atoms. The van der Waals surface area contributed by atoms with Crippen LogP contribution in [-0.4, -0.2) is 55.6 Å². The van der Waals surface area contributed by atoms with E-state index in [1.54, 1.807) is 19.2 Å². The highest BCUT2D eigenvalue weighted by molar-refractivity contribution is 6.11. The van der Waals surface area contributed by atoms with Gasteiger partial charge in [0, 0.05) is 38.4 Å². The summed E-state index contributed by atoms with van der Waals surface area (Å²) in [6, 6.07) is 10.7. The Morgan fingerprint density at radius 1 is 1.26 bits per heavy atom. The summed E-state index contributed by atoms with van der Waals surface area (Å²) in [6.07, 6.45) is 12.3. The Morgan fingerprint density at radius 3 is 2.71 bits per heavy atom. The Labute approximate surface area is 209 Å². The Hall–Kier alpha value is -2.74. The minimum atomic E-state index is -0.378. The number of aliphatic imine (C=N–C) groups is 1. The van der Waals surface area contributed by atoms with Crippen molar-refractivity contribution in [1.29, 1.82) is 0 Å². The number of hydrogen-bond acceptors (Lipinski definition) is 6. The zero-order valence-electron chi connectivity index (χ0n) is 21.1. The van der Waals surface area contributed by atoms with Gasteiger partial charge in [0.1, 0.15) is 5.82 Å². The normalized spacial score (nSPS) is 20.9. The maximum atomic E-state index is 12.4. The molecule has 190 valence electrons. The molecule has 0 aromatic heterocycles. The van der Waals surface area contributed by atoms with Crippen molar-refractivity contribution < 1.29 is 14.4 Å². The van der Waals surface area contributed by atoms with E-state index in [2.05, 4.69) is 70.6 Å². The lowest BCUT2D eigenvalue weighted by Gasteiger charge is -2.33. The predicted octanol–water partition coefficient (Wildman–Crippen LogP) is 4.45. The third kappa shape index (κ3) is 9.43. The van der Waals surface area contributed by atoms with Crippen LogP contribution < -0.4 is 10.8 Å². The number of nitrogens with one attached hydrogen (secondary N) is 2. The number of benzene rings is 1. The van der Waals surface area contributed by atoms with Crippen molar-refractivity contribution in [3.63, 3.8) is 0 Å². The SMILES string of the molecule is C=C(/N=C\C(=C/C)C(=O)NOC1CCCCO1)N1CCC(CNC(C)/C=C/c2ccccc2)CC1. The van der Waals surface area contributed by atoms with E-state index < -0.39 is 0 Å². The molecular formula is C28H40N4O3. The molecule has 1 amide bonds. The van der Waals surface area contributed by atoms with Crippen LogP contribution in [0, 0.1) is 5.92 Å². The fourth-order valence-corrected chi connectivity index (χ4v) is 4.11. The van der Waals surface area contributed by atoms with E-state index in [-0.39, 0.29) is 12.2 Å². The van der Waals surface area contributed by atoms with Gasteiger partial charge in [-0.3, -0.25) is 4.79 Å². The van der Waals surface area contributed by atoms with E-state index >= 15 is 0 Å². The van der Waals surface area contributed by atoms with Crippen molar-refractivity contribution in [3.8, 4) is 0 Å². The first-order valence-corrected chi connectivity index (χ1v) is 12.7. The molecule has 1 aromatic rings. The standard InChI is InChI=1S/C28H40N4O3/c1-4-26(28(33)31-35-27-12-8-9-19-34-27)21-30-23(3)32-17-15-25(16-18-32)20-29-22(2)13-14-24-10-6-5-7-11-24/h4-7,10-11,13-14,21-22,25,27,29H,3,8-9,12,15-20H2,1-2H3,(H,31,33)/b14-13+,26-4+,30-21-. The molecule has 2 unspecified atom stereocenters. The van der Waals surface area contributed by atoms with E-state index in [0.29, 0.717) is 30.0 Å². The monoisotopic (exact) mass is 480 g/mol. The topological polar surface area (TPSA) is 75.2 Å². The van der Waals surface area contributed by atoms with Gasteiger partial charge in [-0.1, -0.05) is 55.1 Å². The summed E-state index contributed by atoms with van der Waals surface area (Å²) in [5, 5.41) is 3.63. The Balaban J connectivity index is 1.35. The first kappa shape index (κ1) is 26.9. The van der Waals surface area contributed by atoms with Crippen LogP contribution in [0.4, 0.5) is 0 Å². The van der Waals surface area contributed by atoms with Crippen molar-refractivity contribution in [2.45, 2.75) is 58.3 Å². The van der Waals surface area contributed by atoms with Crippen molar-refractivity contribution in [1.82, 2.24) is 15.7 Å². The molecule has 7 heteroatoms. The lowest BCUT2D eigenvalue weighted by atomic mass is 9.96. The largest absolute Gasteiger partial charge is 0.357 e. The number of piperidine rings is 1. The van der Waals surface area contributed by atoms with E-state index in [9.17, 15) is 4.79 Å². The van der Waals surface area contributed by atoms with Crippen LogP contribution in [0.25, 0.3) is 6.08 Å². The Kier molecular flexibility index (Phi) is 11.2. The van der Waals surface area contributed by atoms with E-state index in [4.69, 9.17) is 9.57 Å². The summed E-state index contributed by atoms with van der Waals surface area (Å²) in [7, 11) is 0. The van der Waals surface area contributed by atoms with Gasteiger partial charge < -0.3 is 15.0 Å². The smallest absolute Gasteiger partial charge is 0.276 e. The molecule has 2 saturated heterocycles. The molecule has 3 rings (SSSR count). The molecular weight excluding hydrogens is 440 g/mol. The van der Waals surface area contributed by atoms with Crippen LogP contribution in [0.15, 0.2) is 65.4 Å². The first-order chi connectivity index (χ1) is 17.0. The fourth-order valence-electron chi connectivity index (χ4n) is 4.11. The number of hydroxylamine groups is 1. The van der Waals surface area contributed by atoms with Crippen LogP contribution in [0.1, 0.15) is 51.5 Å². The summed E-state index contributed by atoms with van der Waals surface area (Å²) in [5.41, 5.74) is 4.12. The molecule has 0 aliphatic carbocycles. The summed E-state index contributed by atoms with van der Waals surface area (Å²) >= 11 is 0. The van der Waals surface area contributed by atoms with Crippen molar-refractivity contribution >= 4 is 18.2 Å². The van der Waals surface area contributed by atoms with Crippen LogP contribution >= 0.6 is 0 Å². The zero-order valence-corrected chi connectivity index (χ0v) is 21.1. The molecule has 2 fully saturated rings. The van der Waals surface area contributed by atoms with E-state index in [1.165, 1.54) is 5.56 Å². The fraction of sp³-hybridized carbons (Fsp3) is 0.500. The minimum Gasteiger partial charge on any atom is -0.357 e. The number of allylic oxidation sites excluding steroid dienone is 1. The van der Waals surface area contributed by atoms with Gasteiger partial charge in [0.25, 0.3) is 5.91 Å². The highest BCUT2D eigenvalue weighted by atomic mass is 16.8. The Morgan fingerprint density at radius 2 is 2.03 bits per heavy atom. The van der Waals surface area contributed by atoms with E-state index in [0.717, 1.165) is 51.7 Å². The summed E-state index contributed by atoms with van der Waals surface area (Å²) in [6.45, 7) is 11.6. The first-order valence-electron chi connectivity index (χ1n) is 12.7. The van der Waals surface area contributed by atoms with Crippen LogP contribution in [0.5, 0.6) is 0 Å². The number of hydrogen-bond donors (Lipinski definition) is 2. The van der Waals surface area contributed by atoms with Gasteiger partial charge >= 0.3 is 0 Å². The van der Waals surface area contributed by atoms with Gasteiger partial charge in [-0.25, -0.2) is 15.3 Å². The van der Waals surface area contributed by atoms with Crippen molar-refractivity contribution in [2.24, 2.45) is 10.9 Å². The number of rotatable bonds is 11. The minimum absolute atomic E-state index is 0.326. The van der Waals surface area contributed by atoms with E-state index in [1.807, 2.05) is 6.07 Å². The molecule has 2 aliphatic rings. The van der Waals surface area contributed by atoms with Gasteiger partial charge in [0.05, 0.1) is 5.57 Å². The molecule has 0 saturated carbocycles. The summed E-state index contributed by atoms with van der Waals surface area (Å²) in [4.78, 5) is 24.4. The van der Waals surface area contributed by atoms with Gasteiger partial charge in [0.2, 0.25) is 0 Å². The third-order valence-corrected chi connectivity index (χ3v) is 6.43. The number of amides is 1. The quantitative estimate of drug-likeness (QED) is 0.278. The van der Waals surface area contributed by atoms with Gasteiger partial charge in [-0.15, -0.1) is 0 Å². The molecule has 0 radical (unpaired) electrons. The lowest BCUT2D eigenvalue weighted by Crippen LogP contribution is -2.38. The molecule has 35 heavy (non-hydrogen) atoms. The van der Waals surface area contributed by atoms with Crippen molar-refractivity contribution in [2.75, 3.05) is 26.2 Å². The Bertz CT molecular complexity index is 883. The maximum absolute atomic E-state index is 12.4. The zero-order chi connectivity index (χ0) is 24.9. The summed E-state index contributed by atoms with van der Waals surface area (Å²) in [5.74, 6) is 0.976. The third-order valence-electron chi connectivity index (χ3n) is 6.43. The number of carbonyl (C=O) groups excluding carboxylic acids is 1. The highest BCUT2D eigenvalue weighted by Gasteiger charge is 2.20. The number of likely N-dealkylation sites (tertiary alicyclic amines) is 1. The predicted molar refractivity (Wildman–Crippen MR) is 141 cm³/mol. The van der Waals surface area contributed by atoms with Gasteiger partial charge in [-0.2, -0.15) is 0 Å².